The predicted octanol–water partition coefficient (Wildman–Crippen LogP) is 3.19. The highest BCUT2D eigenvalue weighted by atomic mass is 19.1. The molecule has 1 unspecified atom stereocenters. The van der Waals surface area contributed by atoms with E-state index in [0.29, 0.717) is 6.42 Å². The standard InChI is InChI=1S/C14H17FO2/c1-4-5-12(16)13(15)14(17)11-7-9(2)6-10(3)8-11/h6-8,13H,4-5H2,1-3H3. The predicted molar refractivity (Wildman–Crippen MR) is 65.1 cm³/mol. The van der Waals surface area contributed by atoms with Crippen molar-refractivity contribution in [2.24, 2.45) is 0 Å². The van der Waals surface area contributed by atoms with Gasteiger partial charge in [-0.1, -0.05) is 24.1 Å². The largest absolute Gasteiger partial charge is 0.296 e. The fourth-order valence-electron chi connectivity index (χ4n) is 1.78. The van der Waals surface area contributed by atoms with E-state index >= 15 is 0 Å². The zero-order valence-electron chi connectivity index (χ0n) is 10.4. The van der Waals surface area contributed by atoms with Gasteiger partial charge in [0.25, 0.3) is 0 Å². The second kappa shape index (κ2) is 5.71. The van der Waals surface area contributed by atoms with E-state index in [0.717, 1.165) is 11.1 Å². The molecule has 0 N–H and O–H groups in total. The van der Waals surface area contributed by atoms with E-state index in [1.807, 2.05) is 19.9 Å². The smallest absolute Gasteiger partial charge is 0.220 e. The molecule has 0 aliphatic rings. The van der Waals surface area contributed by atoms with Crippen LogP contribution >= 0.6 is 0 Å². The van der Waals surface area contributed by atoms with Crippen LogP contribution in [-0.2, 0) is 4.79 Å². The number of carbonyl (C=O) groups is 2. The maximum Gasteiger partial charge on any atom is 0.220 e. The summed E-state index contributed by atoms with van der Waals surface area (Å²) >= 11 is 0. The van der Waals surface area contributed by atoms with Crippen LogP contribution in [0, 0.1) is 13.8 Å². The first-order valence-corrected chi connectivity index (χ1v) is 5.75. The molecule has 0 aliphatic heterocycles. The van der Waals surface area contributed by atoms with Crippen LogP contribution in [0.2, 0.25) is 0 Å². The molecule has 1 aromatic rings. The van der Waals surface area contributed by atoms with Gasteiger partial charge in [-0.15, -0.1) is 0 Å². The monoisotopic (exact) mass is 236 g/mol. The Morgan fingerprint density at radius 2 is 1.71 bits per heavy atom. The molecule has 0 fully saturated rings. The first kappa shape index (κ1) is 13.6. The maximum atomic E-state index is 13.6. The Labute approximate surface area is 101 Å². The van der Waals surface area contributed by atoms with Gasteiger partial charge in [-0.3, -0.25) is 9.59 Å². The normalized spacial score (nSPS) is 12.2. The second-order valence-electron chi connectivity index (χ2n) is 4.32. The van der Waals surface area contributed by atoms with Crippen molar-refractivity contribution in [3.63, 3.8) is 0 Å². The van der Waals surface area contributed by atoms with Crippen molar-refractivity contribution in [3.05, 3.63) is 34.9 Å². The fraction of sp³-hybridized carbons (Fsp3) is 0.429. The summed E-state index contributed by atoms with van der Waals surface area (Å²) in [4.78, 5) is 23.1. The van der Waals surface area contributed by atoms with Gasteiger partial charge >= 0.3 is 0 Å². The lowest BCUT2D eigenvalue weighted by Crippen LogP contribution is -2.25. The van der Waals surface area contributed by atoms with E-state index in [4.69, 9.17) is 0 Å². The molecule has 0 heterocycles. The Balaban J connectivity index is 2.92. The van der Waals surface area contributed by atoms with E-state index in [1.165, 1.54) is 0 Å². The molecular formula is C14H17FO2. The molecule has 0 saturated carbocycles. The van der Waals surface area contributed by atoms with Crippen LogP contribution in [0.4, 0.5) is 4.39 Å². The molecule has 1 rings (SSSR count). The van der Waals surface area contributed by atoms with Gasteiger partial charge in [0.1, 0.15) is 0 Å². The molecule has 0 amide bonds. The number of Topliss-reactive ketones (excluding diaryl/α,β-unsaturated/α-hetero) is 2. The minimum atomic E-state index is -2.02. The number of aryl methyl sites for hydroxylation is 2. The first-order chi connectivity index (χ1) is 7.95. The summed E-state index contributed by atoms with van der Waals surface area (Å²) in [6.45, 7) is 5.46. The molecule has 0 bridgehead atoms. The second-order valence-corrected chi connectivity index (χ2v) is 4.32. The van der Waals surface area contributed by atoms with Gasteiger partial charge in [-0.05, 0) is 32.4 Å². The average Bonchev–Trinajstić information content (AvgIpc) is 2.26. The number of benzene rings is 1. The molecule has 3 heteroatoms. The van der Waals surface area contributed by atoms with Crippen molar-refractivity contribution in [1.29, 1.82) is 0 Å². The summed E-state index contributed by atoms with van der Waals surface area (Å²) < 4.78 is 13.6. The molecule has 0 aromatic heterocycles. The van der Waals surface area contributed by atoms with Crippen molar-refractivity contribution < 1.29 is 14.0 Å². The highest BCUT2D eigenvalue weighted by Gasteiger charge is 2.26. The van der Waals surface area contributed by atoms with Crippen LogP contribution in [0.25, 0.3) is 0 Å². The van der Waals surface area contributed by atoms with E-state index in [-0.39, 0.29) is 12.0 Å². The van der Waals surface area contributed by atoms with Gasteiger partial charge in [0.2, 0.25) is 12.0 Å². The topological polar surface area (TPSA) is 34.1 Å². The molecular weight excluding hydrogens is 219 g/mol. The van der Waals surface area contributed by atoms with Gasteiger partial charge in [-0.25, -0.2) is 4.39 Å². The van der Waals surface area contributed by atoms with Gasteiger partial charge in [0.05, 0.1) is 0 Å². The van der Waals surface area contributed by atoms with Crippen LogP contribution in [0.5, 0.6) is 0 Å². The number of carbonyl (C=O) groups excluding carboxylic acids is 2. The number of ketones is 2. The number of rotatable bonds is 5. The molecule has 0 radical (unpaired) electrons. The van der Waals surface area contributed by atoms with Gasteiger partial charge in [0, 0.05) is 12.0 Å². The fourth-order valence-corrected chi connectivity index (χ4v) is 1.78. The molecule has 2 nitrogen and oxygen atoms in total. The minimum Gasteiger partial charge on any atom is -0.296 e. The van der Waals surface area contributed by atoms with Crippen LogP contribution in [-0.4, -0.2) is 17.7 Å². The minimum absolute atomic E-state index is 0.109. The van der Waals surface area contributed by atoms with E-state index in [9.17, 15) is 14.0 Å². The molecule has 17 heavy (non-hydrogen) atoms. The summed E-state index contributed by atoms with van der Waals surface area (Å²) in [5, 5.41) is 0. The third-order valence-electron chi connectivity index (χ3n) is 2.52. The van der Waals surface area contributed by atoms with Crippen molar-refractivity contribution in [2.45, 2.75) is 39.8 Å². The summed E-state index contributed by atoms with van der Waals surface area (Å²) in [6.07, 6.45) is -1.35. The zero-order valence-corrected chi connectivity index (χ0v) is 10.4. The Bertz CT molecular complexity index is 418. The highest BCUT2D eigenvalue weighted by molar-refractivity contribution is 6.13. The first-order valence-electron chi connectivity index (χ1n) is 5.75. The lowest BCUT2D eigenvalue weighted by molar-refractivity contribution is -0.122. The van der Waals surface area contributed by atoms with E-state index in [2.05, 4.69) is 0 Å². The Kier molecular flexibility index (Phi) is 4.55. The van der Waals surface area contributed by atoms with Crippen molar-refractivity contribution in [3.8, 4) is 0 Å². The molecule has 0 aliphatic carbocycles. The maximum absolute atomic E-state index is 13.6. The molecule has 1 aromatic carbocycles. The molecule has 92 valence electrons. The lowest BCUT2D eigenvalue weighted by Gasteiger charge is -2.07. The Morgan fingerprint density at radius 1 is 1.18 bits per heavy atom. The lowest BCUT2D eigenvalue weighted by atomic mass is 9.99. The van der Waals surface area contributed by atoms with Gasteiger partial charge in [0.15, 0.2) is 5.78 Å². The summed E-state index contributed by atoms with van der Waals surface area (Å²) in [5.41, 5.74) is 2.06. The van der Waals surface area contributed by atoms with Crippen molar-refractivity contribution >= 4 is 11.6 Å². The highest BCUT2D eigenvalue weighted by Crippen LogP contribution is 2.14. The van der Waals surface area contributed by atoms with Crippen LogP contribution < -0.4 is 0 Å². The number of hydrogen-bond donors (Lipinski definition) is 0. The third kappa shape index (κ3) is 3.48. The quantitative estimate of drug-likeness (QED) is 0.581. The van der Waals surface area contributed by atoms with Gasteiger partial charge < -0.3 is 0 Å². The number of hydrogen-bond acceptors (Lipinski definition) is 2. The Hall–Kier alpha value is -1.51. The summed E-state index contributed by atoms with van der Waals surface area (Å²) in [6, 6.07) is 5.13. The summed E-state index contributed by atoms with van der Waals surface area (Å²) in [5.74, 6) is -1.35. The van der Waals surface area contributed by atoms with Crippen LogP contribution in [0.1, 0.15) is 41.3 Å². The van der Waals surface area contributed by atoms with E-state index in [1.54, 1.807) is 19.1 Å². The molecule has 1 atom stereocenters. The Morgan fingerprint density at radius 3 is 2.18 bits per heavy atom. The third-order valence-corrected chi connectivity index (χ3v) is 2.52. The van der Waals surface area contributed by atoms with Crippen LogP contribution in [0.15, 0.2) is 18.2 Å². The van der Waals surface area contributed by atoms with E-state index < -0.39 is 17.7 Å². The number of alkyl halides is 1. The SMILES string of the molecule is CCCC(=O)C(F)C(=O)c1cc(C)cc(C)c1. The average molecular weight is 236 g/mol. The zero-order chi connectivity index (χ0) is 13.0. The van der Waals surface area contributed by atoms with Crippen molar-refractivity contribution in [2.75, 3.05) is 0 Å². The summed E-state index contributed by atoms with van der Waals surface area (Å²) in [7, 11) is 0. The molecule has 0 spiro atoms. The van der Waals surface area contributed by atoms with Crippen molar-refractivity contribution in [1.82, 2.24) is 0 Å². The van der Waals surface area contributed by atoms with Crippen LogP contribution in [0.3, 0.4) is 0 Å². The van der Waals surface area contributed by atoms with Gasteiger partial charge in [-0.2, -0.15) is 0 Å². The molecule has 0 saturated heterocycles. The number of halogens is 1.